The maximum absolute atomic E-state index is 10.8. The van der Waals surface area contributed by atoms with Crippen molar-refractivity contribution < 1.29 is 9.90 Å². The van der Waals surface area contributed by atoms with E-state index >= 15 is 0 Å². The smallest absolute Gasteiger partial charge is 0.335 e. The molecular weight excluding hydrogens is 254 g/mol. The lowest BCUT2D eigenvalue weighted by Gasteiger charge is -2.16. The van der Waals surface area contributed by atoms with Crippen LogP contribution in [0.5, 0.6) is 0 Å². The van der Waals surface area contributed by atoms with Crippen molar-refractivity contribution in [3.05, 3.63) is 53.0 Å². The predicted octanol–water partition coefficient (Wildman–Crippen LogP) is 2.96. The number of nitrogens with zero attached hydrogens (tertiary/aromatic N) is 2. The van der Waals surface area contributed by atoms with Crippen molar-refractivity contribution in [3.8, 4) is 0 Å². The molecule has 0 bridgehead atoms. The minimum atomic E-state index is -0.917. The highest BCUT2D eigenvalue weighted by Crippen LogP contribution is 2.20. The average molecular weight is 271 g/mol. The molecule has 1 atom stereocenters. The van der Waals surface area contributed by atoms with Crippen LogP contribution in [-0.2, 0) is 0 Å². The lowest BCUT2D eigenvalue weighted by molar-refractivity contribution is 0.0697. The molecule has 0 radical (unpaired) electrons. The maximum atomic E-state index is 10.8. The Hall–Kier alpha value is -2.43. The fourth-order valence-electron chi connectivity index (χ4n) is 1.88. The van der Waals surface area contributed by atoms with Gasteiger partial charge in [0.2, 0.25) is 0 Å². The fourth-order valence-corrected chi connectivity index (χ4v) is 1.88. The van der Waals surface area contributed by atoms with E-state index in [1.54, 1.807) is 18.3 Å². The molecule has 2 aromatic rings. The number of benzene rings is 1. The Morgan fingerprint density at radius 2 is 1.90 bits per heavy atom. The molecule has 0 aliphatic heterocycles. The molecule has 0 saturated heterocycles. The Morgan fingerprint density at radius 3 is 2.50 bits per heavy atom. The molecule has 0 unspecified atom stereocenters. The first-order valence-corrected chi connectivity index (χ1v) is 6.37. The molecule has 0 fully saturated rings. The first-order valence-electron chi connectivity index (χ1n) is 6.37. The number of aromatic nitrogens is 2. The second-order valence-electron chi connectivity index (χ2n) is 4.74. The quantitative estimate of drug-likeness (QED) is 0.894. The first-order chi connectivity index (χ1) is 9.47. The summed E-state index contributed by atoms with van der Waals surface area (Å²) in [5.74, 6) is 0.596. The van der Waals surface area contributed by atoms with Crippen LogP contribution in [0.3, 0.4) is 0 Å². The molecule has 20 heavy (non-hydrogen) atoms. The van der Waals surface area contributed by atoms with Gasteiger partial charge in [0.15, 0.2) is 0 Å². The van der Waals surface area contributed by atoms with E-state index in [9.17, 15) is 4.79 Å². The van der Waals surface area contributed by atoms with E-state index in [2.05, 4.69) is 15.3 Å². The zero-order chi connectivity index (χ0) is 14.7. The number of hydrogen-bond acceptors (Lipinski definition) is 4. The standard InChI is InChI=1S/C15H17N3O2/c1-9-8-16-11(3)18-14(9)17-10(2)12-4-6-13(7-5-12)15(19)20/h4-8,10H,1-3H3,(H,19,20)(H,16,17,18)/t10-/m0/s1. The number of rotatable bonds is 4. The van der Waals surface area contributed by atoms with Crippen molar-refractivity contribution in [1.29, 1.82) is 0 Å². The van der Waals surface area contributed by atoms with Gasteiger partial charge < -0.3 is 10.4 Å². The normalized spacial score (nSPS) is 11.9. The highest BCUT2D eigenvalue weighted by Gasteiger charge is 2.10. The summed E-state index contributed by atoms with van der Waals surface area (Å²) >= 11 is 0. The largest absolute Gasteiger partial charge is 0.478 e. The van der Waals surface area contributed by atoms with Gasteiger partial charge in [0, 0.05) is 17.8 Å². The van der Waals surface area contributed by atoms with Crippen LogP contribution in [0.25, 0.3) is 0 Å². The summed E-state index contributed by atoms with van der Waals surface area (Å²) in [6.07, 6.45) is 1.78. The molecule has 1 aromatic heterocycles. The van der Waals surface area contributed by atoms with Crippen LogP contribution in [-0.4, -0.2) is 21.0 Å². The molecule has 1 aromatic carbocycles. The van der Waals surface area contributed by atoms with Gasteiger partial charge in [-0.1, -0.05) is 12.1 Å². The van der Waals surface area contributed by atoms with Gasteiger partial charge in [0.25, 0.3) is 0 Å². The molecule has 104 valence electrons. The van der Waals surface area contributed by atoms with E-state index in [4.69, 9.17) is 5.11 Å². The molecular formula is C15H17N3O2. The van der Waals surface area contributed by atoms with Crippen molar-refractivity contribution >= 4 is 11.8 Å². The Bertz CT molecular complexity index is 624. The van der Waals surface area contributed by atoms with E-state index in [1.807, 2.05) is 32.9 Å². The zero-order valence-electron chi connectivity index (χ0n) is 11.7. The monoisotopic (exact) mass is 271 g/mol. The average Bonchev–Trinajstić information content (AvgIpc) is 2.43. The fraction of sp³-hybridized carbons (Fsp3) is 0.267. The van der Waals surface area contributed by atoms with Crippen LogP contribution in [0.15, 0.2) is 30.5 Å². The minimum absolute atomic E-state index is 0.0332. The van der Waals surface area contributed by atoms with Gasteiger partial charge >= 0.3 is 5.97 Å². The highest BCUT2D eigenvalue weighted by atomic mass is 16.4. The summed E-state index contributed by atoms with van der Waals surface area (Å²) in [4.78, 5) is 19.3. The molecule has 5 heteroatoms. The van der Waals surface area contributed by atoms with E-state index in [-0.39, 0.29) is 11.6 Å². The van der Waals surface area contributed by atoms with Crippen LogP contribution in [0.1, 0.15) is 40.3 Å². The number of anilines is 1. The van der Waals surface area contributed by atoms with Crippen LogP contribution >= 0.6 is 0 Å². The van der Waals surface area contributed by atoms with Crippen molar-refractivity contribution in [2.24, 2.45) is 0 Å². The minimum Gasteiger partial charge on any atom is -0.478 e. The maximum Gasteiger partial charge on any atom is 0.335 e. The van der Waals surface area contributed by atoms with Gasteiger partial charge in [-0.15, -0.1) is 0 Å². The van der Waals surface area contributed by atoms with E-state index < -0.39 is 5.97 Å². The van der Waals surface area contributed by atoms with Crippen molar-refractivity contribution in [3.63, 3.8) is 0 Å². The number of aryl methyl sites for hydroxylation is 2. The molecule has 2 N–H and O–H groups in total. The third-order valence-electron chi connectivity index (χ3n) is 3.10. The summed E-state index contributed by atoms with van der Waals surface area (Å²) in [6.45, 7) is 5.80. The third kappa shape index (κ3) is 3.12. The lowest BCUT2D eigenvalue weighted by atomic mass is 10.1. The van der Waals surface area contributed by atoms with Crippen LogP contribution < -0.4 is 5.32 Å². The first kappa shape index (κ1) is 14.0. The van der Waals surface area contributed by atoms with Crippen molar-refractivity contribution in [2.45, 2.75) is 26.8 Å². The van der Waals surface area contributed by atoms with Gasteiger partial charge in [-0.2, -0.15) is 0 Å². The van der Waals surface area contributed by atoms with Gasteiger partial charge in [-0.05, 0) is 38.5 Å². The third-order valence-corrected chi connectivity index (χ3v) is 3.10. The van der Waals surface area contributed by atoms with E-state index in [0.29, 0.717) is 5.82 Å². The van der Waals surface area contributed by atoms with Crippen LogP contribution in [0.2, 0.25) is 0 Å². The Balaban J connectivity index is 2.17. The van der Waals surface area contributed by atoms with Gasteiger partial charge in [0.05, 0.1) is 5.56 Å². The number of carbonyl (C=O) groups is 1. The van der Waals surface area contributed by atoms with E-state index in [0.717, 1.165) is 16.9 Å². The van der Waals surface area contributed by atoms with Gasteiger partial charge in [0.1, 0.15) is 11.6 Å². The summed E-state index contributed by atoms with van der Waals surface area (Å²) in [5, 5.41) is 12.2. The zero-order valence-corrected chi connectivity index (χ0v) is 11.7. The number of aromatic carboxylic acids is 1. The predicted molar refractivity (Wildman–Crippen MR) is 76.9 cm³/mol. The Kier molecular flexibility index (Phi) is 3.98. The van der Waals surface area contributed by atoms with Crippen LogP contribution in [0, 0.1) is 13.8 Å². The van der Waals surface area contributed by atoms with Crippen molar-refractivity contribution in [2.75, 3.05) is 5.32 Å². The summed E-state index contributed by atoms with van der Waals surface area (Å²) < 4.78 is 0. The summed E-state index contributed by atoms with van der Waals surface area (Å²) in [6, 6.07) is 6.86. The Labute approximate surface area is 117 Å². The topological polar surface area (TPSA) is 75.1 Å². The second-order valence-corrected chi connectivity index (χ2v) is 4.74. The summed E-state index contributed by atoms with van der Waals surface area (Å²) in [7, 11) is 0. The molecule has 0 spiro atoms. The highest BCUT2D eigenvalue weighted by molar-refractivity contribution is 5.87. The summed E-state index contributed by atoms with van der Waals surface area (Å²) in [5.41, 5.74) is 2.27. The number of hydrogen-bond donors (Lipinski definition) is 2. The van der Waals surface area contributed by atoms with Gasteiger partial charge in [-0.25, -0.2) is 14.8 Å². The molecule has 1 heterocycles. The Morgan fingerprint density at radius 1 is 1.25 bits per heavy atom. The second kappa shape index (κ2) is 5.69. The van der Waals surface area contributed by atoms with Crippen molar-refractivity contribution in [1.82, 2.24) is 9.97 Å². The molecule has 5 nitrogen and oxygen atoms in total. The molecule has 0 amide bonds. The van der Waals surface area contributed by atoms with Crippen LogP contribution in [0.4, 0.5) is 5.82 Å². The molecule has 0 aliphatic carbocycles. The molecule has 0 saturated carbocycles. The molecule has 0 aliphatic rings. The number of nitrogens with one attached hydrogen (secondary N) is 1. The molecule has 2 rings (SSSR count). The number of carboxylic acids is 1. The number of carboxylic acid groups (broad SMARTS) is 1. The van der Waals surface area contributed by atoms with E-state index in [1.165, 1.54) is 0 Å². The lowest BCUT2D eigenvalue weighted by Crippen LogP contribution is -2.10. The van der Waals surface area contributed by atoms with Gasteiger partial charge in [-0.3, -0.25) is 0 Å². The SMILES string of the molecule is Cc1ncc(C)c(N[C@@H](C)c2ccc(C(=O)O)cc2)n1.